The van der Waals surface area contributed by atoms with Crippen molar-refractivity contribution >= 4 is 33.1 Å². The molecule has 240 valence electrons. The van der Waals surface area contributed by atoms with E-state index in [9.17, 15) is 26.8 Å². The Kier molecular flexibility index (Phi) is 9.00. The lowest BCUT2D eigenvalue weighted by Gasteiger charge is -2.34. The summed E-state index contributed by atoms with van der Waals surface area (Å²) in [5.74, 6) is -2.64. The van der Waals surface area contributed by atoms with Crippen LogP contribution in [0.3, 0.4) is 0 Å². The summed E-state index contributed by atoms with van der Waals surface area (Å²) >= 11 is 0. The van der Waals surface area contributed by atoms with Crippen molar-refractivity contribution in [2.45, 2.75) is 37.1 Å². The van der Waals surface area contributed by atoms with E-state index in [0.29, 0.717) is 66.7 Å². The lowest BCUT2D eigenvalue weighted by Crippen LogP contribution is -2.44. The first-order valence-corrected chi connectivity index (χ1v) is 16.5. The number of sulfonamides is 1. The van der Waals surface area contributed by atoms with Gasteiger partial charge in [0.25, 0.3) is 0 Å². The smallest absolute Gasteiger partial charge is 0.243 e. The summed E-state index contributed by atoms with van der Waals surface area (Å²) < 4.78 is 60.8. The number of H-pyrrole nitrogens is 1. The van der Waals surface area contributed by atoms with Crippen LogP contribution in [-0.4, -0.2) is 92.5 Å². The molecule has 0 spiro atoms. The highest BCUT2D eigenvalue weighted by atomic mass is 32.2. The molecule has 0 bridgehead atoms. The fourth-order valence-corrected chi connectivity index (χ4v) is 7.54. The number of nitrogens with one attached hydrogen (secondary N) is 2. The molecule has 2 saturated heterocycles. The highest BCUT2D eigenvalue weighted by Gasteiger charge is 2.33. The topological polar surface area (TPSA) is 128 Å². The van der Waals surface area contributed by atoms with Crippen LogP contribution < -0.4 is 10.2 Å². The van der Waals surface area contributed by atoms with Gasteiger partial charge in [0.2, 0.25) is 15.9 Å². The molecule has 45 heavy (non-hydrogen) atoms. The van der Waals surface area contributed by atoms with Crippen LogP contribution in [0.15, 0.2) is 41.3 Å². The summed E-state index contributed by atoms with van der Waals surface area (Å²) in [7, 11) is -2.14. The summed E-state index contributed by atoms with van der Waals surface area (Å²) in [6.45, 7) is 4.43. The molecule has 0 aliphatic carbocycles. The highest BCUT2D eigenvalue weighted by Crippen LogP contribution is 2.30. The molecule has 3 aromatic rings. The van der Waals surface area contributed by atoms with Gasteiger partial charge in [0.15, 0.2) is 5.78 Å². The quantitative estimate of drug-likeness (QED) is 0.359. The molecule has 0 saturated carbocycles. The van der Waals surface area contributed by atoms with Crippen molar-refractivity contribution in [1.29, 1.82) is 0 Å². The maximum Gasteiger partial charge on any atom is 0.243 e. The monoisotopic (exact) mass is 642 g/mol. The van der Waals surface area contributed by atoms with Crippen molar-refractivity contribution in [3.8, 4) is 0 Å². The summed E-state index contributed by atoms with van der Waals surface area (Å²) in [4.78, 5) is 31.1. The van der Waals surface area contributed by atoms with E-state index < -0.39 is 26.6 Å². The van der Waals surface area contributed by atoms with Gasteiger partial charge < -0.3 is 19.9 Å². The second-order valence-corrected chi connectivity index (χ2v) is 13.8. The molecule has 0 unspecified atom stereocenters. The van der Waals surface area contributed by atoms with Crippen molar-refractivity contribution in [2.75, 3.05) is 63.2 Å². The van der Waals surface area contributed by atoms with Crippen LogP contribution in [-0.2, 0) is 38.9 Å². The fourth-order valence-electron chi connectivity index (χ4n) is 6.09. The Hall–Kier alpha value is -3.72. The van der Waals surface area contributed by atoms with Crippen molar-refractivity contribution in [1.82, 2.24) is 19.4 Å². The molecule has 14 heteroatoms. The summed E-state index contributed by atoms with van der Waals surface area (Å²) in [5, 5.41) is 10.3. The second kappa shape index (κ2) is 12.9. The predicted octanol–water partition coefficient (Wildman–Crippen LogP) is 2.98. The van der Waals surface area contributed by atoms with E-state index in [1.165, 1.54) is 0 Å². The number of amides is 1. The van der Waals surface area contributed by atoms with E-state index in [2.05, 4.69) is 32.4 Å². The first-order chi connectivity index (χ1) is 21.6. The molecule has 3 aliphatic heterocycles. The third-order valence-electron chi connectivity index (χ3n) is 8.81. The molecular formula is C31H36F2N6O5S. The van der Waals surface area contributed by atoms with E-state index >= 15 is 0 Å². The van der Waals surface area contributed by atoms with Crippen LogP contribution >= 0.6 is 0 Å². The first-order valence-electron chi connectivity index (χ1n) is 15.1. The van der Waals surface area contributed by atoms with E-state index in [1.54, 1.807) is 6.07 Å². The van der Waals surface area contributed by atoms with Gasteiger partial charge in [-0.3, -0.25) is 14.7 Å². The standard InChI is InChI=1S/C31H36F2N6O5S/c1-37-8-10-38(11-9-37)23-2-3-25(28(17-23)34-31(41)20-5-12-44-13-6-20)30(40)18-29-26-19-39(7-4-27(26)35-36-29)45(42,43)24-15-21(32)14-22(33)16-24/h2-3,14-17,20H,4-13,18-19H2,1H3,(H,34,41)(H,35,36). The number of hydrogen-bond acceptors (Lipinski definition) is 8. The van der Waals surface area contributed by atoms with Crippen molar-refractivity contribution < 1.29 is 31.5 Å². The van der Waals surface area contributed by atoms with Gasteiger partial charge in [0.05, 0.1) is 22.7 Å². The number of carbonyl (C=O) groups excluding carboxylic acids is 2. The van der Waals surface area contributed by atoms with Gasteiger partial charge in [-0.1, -0.05) is 0 Å². The molecule has 6 rings (SSSR count). The normalized spacial score (nSPS) is 18.5. The second-order valence-electron chi connectivity index (χ2n) is 11.8. The molecule has 4 heterocycles. The maximum atomic E-state index is 13.8. The number of carbonyl (C=O) groups is 2. The van der Waals surface area contributed by atoms with E-state index in [4.69, 9.17) is 4.74 Å². The van der Waals surface area contributed by atoms with Crippen LogP contribution in [0.2, 0.25) is 0 Å². The molecule has 0 atom stereocenters. The number of fused-ring (bicyclic) bond motifs is 1. The minimum Gasteiger partial charge on any atom is -0.381 e. The summed E-state index contributed by atoms with van der Waals surface area (Å²) in [6, 6.07) is 7.65. The number of aromatic nitrogens is 2. The molecule has 3 aliphatic rings. The van der Waals surface area contributed by atoms with Gasteiger partial charge in [-0.05, 0) is 50.2 Å². The Labute approximate surface area is 260 Å². The number of ketones is 1. The highest BCUT2D eigenvalue weighted by molar-refractivity contribution is 7.89. The average molecular weight is 643 g/mol. The van der Waals surface area contributed by atoms with Gasteiger partial charge in [-0.2, -0.15) is 9.40 Å². The summed E-state index contributed by atoms with van der Waals surface area (Å²) in [6.07, 6.45) is 1.37. The van der Waals surface area contributed by atoms with Crippen LogP contribution in [0.1, 0.15) is 40.2 Å². The Morgan fingerprint density at radius 3 is 2.44 bits per heavy atom. The van der Waals surface area contributed by atoms with Crippen molar-refractivity contribution in [2.24, 2.45) is 5.92 Å². The van der Waals surface area contributed by atoms with E-state index in [-0.39, 0.29) is 37.1 Å². The van der Waals surface area contributed by atoms with Gasteiger partial charge in [-0.25, -0.2) is 17.2 Å². The van der Waals surface area contributed by atoms with Crippen molar-refractivity contribution in [3.63, 3.8) is 0 Å². The van der Waals surface area contributed by atoms with Crippen LogP contribution in [0.25, 0.3) is 0 Å². The SMILES string of the molecule is CN1CCN(c2ccc(C(=O)Cc3n[nH]c4c3CN(S(=O)(=O)c3cc(F)cc(F)c3)CC4)c(NC(=O)C3CCOCC3)c2)CC1. The predicted molar refractivity (Wildman–Crippen MR) is 163 cm³/mol. The van der Waals surface area contributed by atoms with Gasteiger partial charge in [0, 0.05) is 93.4 Å². The fraction of sp³-hybridized carbons (Fsp3) is 0.452. The van der Waals surface area contributed by atoms with Crippen LogP contribution in [0.5, 0.6) is 0 Å². The number of hydrogen-bond donors (Lipinski definition) is 2. The lowest BCUT2D eigenvalue weighted by atomic mass is 9.97. The number of aromatic amines is 1. The maximum absolute atomic E-state index is 13.8. The number of nitrogens with zero attached hydrogens (tertiary/aromatic N) is 4. The molecule has 2 N–H and O–H groups in total. The number of piperazine rings is 1. The zero-order valence-electron chi connectivity index (χ0n) is 25.0. The third-order valence-corrected chi connectivity index (χ3v) is 10.6. The number of likely N-dealkylation sites (N-methyl/N-ethyl adjacent to an activating group) is 1. The van der Waals surface area contributed by atoms with E-state index in [1.807, 2.05) is 12.1 Å². The Morgan fingerprint density at radius 1 is 1.02 bits per heavy atom. The number of Topliss-reactive ketones (excluding diaryl/α,β-unsaturated/α-hetero) is 1. The van der Waals surface area contributed by atoms with E-state index in [0.717, 1.165) is 48.3 Å². The third kappa shape index (κ3) is 6.78. The molecular weight excluding hydrogens is 606 g/mol. The molecule has 11 nitrogen and oxygen atoms in total. The summed E-state index contributed by atoms with van der Waals surface area (Å²) in [5.41, 5.74) is 3.30. The number of halogens is 2. The molecule has 0 radical (unpaired) electrons. The minimum absolute atomic E-state index is 0.0825. The Bertz CT molecular complexity index is 1680. The molecule has 1 amide bonds. The van der Waals surface area contributed by atoms with Crippen LogP contribution in [0, 0.1) is 17.6 Å². The lowest BCUT2D eigenvalue weighted by molar-refractivity contribution is -0.122. The van der Waals surface area contributed by atoms with Gasteiger partial charge in [-0.15, -0.1) is 0 Å². The molecule has 2 aromatic carbocycles. The Morgan fingerprint density at radius 2 is 1.73 bits per heavy atom. The zero-order chi connectivity index (χ0) is 31.7. The van der Waals surface area contributed by atoms with Gasteiger partial charge in [0.1, 0.15) is 11.6 Å². The number of rotatable bonds is 8. The molecule has 1 aromatic heterocycles. The largest absolute Gasteiger partial charge is 0.381 e. The minimum atomic E-state index is -4.21. The Balaban J connectivity index is 1.24. The number of anilines is 2. The molecule has 2 fully saturated rings. The first kappa shape index (κ1) is 31.3. The van der Waals surface area contributed by atoms with Gasteiger partial charge >= 0.3 is 0 Å². The van der Waals surface area contributed by atoms with Crippen LogP contribution in [0.4, 0.5) is 20.2 Å². The number of benzene rings is 2. The average Bonchev–Trinajstić information content (AvgIpc) is 3.43. The van der Waals surface area contributed by atoms with Crippen molar-refractivity contribution in [3.05, 3.63) is 70.5 Å². The number of ether oxygens (including phenoxy) is 1. The zero-order valence-corrected chi connectivity index (χ0v) is 25.8.